The van der Waals surface area contributed by atoms with E-state index in [0.717, 1.165) is 17.5 Å². The van der Waals surface area contributed by atoms with Crippen molar-refractivity contribution in [3.8, 4) is 11.5 Å². The lowest BCUT2D eigenvalue weighted by Crippen LogP contribution is -2.37. The predicted octanol–water partition coefficient (Wildman–Crippen LogP) is 1.31. The molecule has 2 aliphatic rings. The van der Waals surface area contributed by atoms with Crippen LogP contribution in [0, 0.1) is 11.8 Å². The highest BCUT2D eigenvalue weighted by Crippen LogP contribution is 2.41. The summed E-state index contributed by atoms with van der Waals surface area (Å²) in [6.07, 6.45) is 1.20. The molecule has 6 heteroatoms. The Morgan fingerprint density at radius 3 is 2.32 bits per heavy atom. The molecule has 1 aliphatic carbocycles. The lowest BCUT2D eigenvalue weighted by Gasteiger charge is -2.29. The number of nitrogens with zero attached hydrogens (tertiary/aromatic N) is 1. The molecule has 0 radical (unpaired) electrons. The highest BCUT2D eigenvalue weighted by Gasteiger charge is 2.50. The molecule has 118 valence electrons. The zero-order chi connectivity index (χ0) is 15.9. The fourth-order valence-electron chi connectivity index (χ4n) is 3.05. The third-order valence-corrected chi connectivity index (χ3v) is 4.45. The summed E-state index contributed by atoms with van der Waals surface area (Å²) in [5.74, 6) is -0.437. The number of carbonyl (C=O) groups is 2. The van der Waals surface area contributed by atoms with Crippen LogP contribution in [-0.4, -0.2) is 42.6 Å². The summed E-state index contributed by atoms with van der Waals surface area (Å²) in [4.78, 5) is 25.0. The van der Waals surface area contributed by atoms with Gasteiger partial charge in [0, 0.05) is 13.1 Å². The minimum Gasteiger partial charge on any atom is -0.493 e. The van der Waals surface area contributed by atoms with Gasteiger partial charge in [-0.3, -0.25) is 9.59 Å². The van der Waals surface area contributed by atoms with Crippen molar-refractivity contribution in [3.63, 3.8) is 0 Å². The SMILES string of the molecule is COc1cc2c(cc1OC)CN(C(=O)C1CC1C(=O)O)CC2. The third-order valence-electron chi connectivity index (χ3n) is 4.45. The Kier molecular flexibility index (Phi) is 3.68. The molecule has 0 spiro atoms. The summed E-state index contributed by atoms with van der Waals surface area (Å²) in [6, 6.07) is 3.85. The lowest BCUT2D eigenvalue weighted by molar-refractivity contribution is -0.142. The first-order valence-corrected chi connectivity index (χ1v) is 7.30. The second kappa shape index (κ2) is 5.51. The monoisotopic (exact) mass is 305 g/mol. The van der Waals surface area contributed by atoms with Crippen molar-refractivity contribution in [2.75, 3.05) is 20.8 Å². The van der Waals surface area contributed by atoms with Crippen molar-refractivity contribution in [3.05, 3.63) is 23.3 Å². The molecule has 1 aromatic carbocycles. The normalized spacial score (nSPS) is 22.7. The molecule has 22 heavy (non-hydrogen) atoms. The van der Waals surface area contributed by atoms with E-state index in [1.54, 1.807) is 19.1 Å². The molecule has 1 saturated carbocycles. The van der Waals surface area contributed by atoms with Gasteiger partial charge in [-0.15, -0.1) is 0 Å². The van der Waals surface area contributed by atoms with E-state index in [0.29, 0.717) is 31.0 Å². The molecule has 0 aromatic heterocycles. The van der Waals surface area contributed by atoms with Crippen molar-refractivity contribution in [2.24, 2.45) is 11.8 Å². The van der Waals surface area contributed by atoms with Crippen molar-refractivity contribution in [1.82, 2.24) is 4.90 Å². The van der Waals surface area contributed by atoms with Crippen molar-refractivity contribution in [2.45, 2.75) is 19.4 Å². The van der Waals surface area contributed by atoms with Gasteiger partial charge in [-0.2, -0.15) is 0 Å². The van der Waals surface area contributed by atoms with Crippen molar-refractivity contribution in [1.29, 1.82) is 0 Å². The molecule has 2 unspecified atom stereocenters. The quantitative estimate of drug-likeness (QED) is 0.907. The largest absolute Gasteiger partial charge is 0.493 e. The zero-order valence-electron chi connectivity index (χ0n) is 12.7. The average molecular weight is 305 g/mol. The molecule has 0 bridgehead atoms. The molecule has 1 fully saturated rings. The molecule has 1 amide bonds. The number of carboxylic acids is 1. The predicted molar refractivity (Wildman–Crippen MR) is 77.9 cm³/mol. The lowest BCUT2D eigenvalue weighted by atomic mass is 9.98. The highest BCUT2D eigenvalue weighted by molar-refractivity contribution is 5.89. The van der Waals surface area contributed by atoms with Crippen LogP contribution in [0.4, 0.5) is 0 Å². The van der Waals surface area contributed by atoms with Crippen LogP contribution in [0.3, 0.4) is 0 Å². The van der Waals surface area contributed by atoms with Crippen molar-refractivity contribution >= 4 is 11.9 Å². The maximum absolute atomic E-state index is 12.4. The van der Waals surface area contributed by atoms with Crippen LogP contribution in [0.25, 0.3) is 0 Å². The van der Waals surface area contributed by atoms with E-state index in [-0.39, 0.29) is 11.8 Å². The summed E-state index contributed by atoms with van der Waals surface area (Å²) in [7, 11) is 3.18. The molecule has 1 heterocycles. The van der Waals surface area contributed by atoms with Gasteiger partial charge in [0.25, 0.3) is 0 Å². The maximum atomic E-state index is 12.4. The number of carboxylic acid groups (broad SMARTS) is 1. The number of benzene rings is 1. The summed E-state index contributed by atoms with van der Waals surface area (Å²) >= 11 is 0. The maximum Gasteiger partial charge on any atom is 0.307 e. The van der Waals surface area contributed by atoms with Crippen LogP contribution in [0.2, 0.25) is 0 Å². The molecule has 1 aromatic rings. The number of hydrogen-bond acceptors (Lipinski definition) is 4. The van der Waals surface area contributed by atoms with Gasteiger partial charge in [-0.25, -0.2) is 0 Å². The van der Waals surface area contributed by atoms with Gasteiger partial charge >= 0.3 is 5.97 Å². The van der Waals surface area contributed by atoms with E-state index in [2.05, 4.69) is 0 Å². The van der Waals surface area contributed by atoms with Crippen LogP contribution in [0.5, 0.6) is 11.5 Å². The molecule has 1 N–H and O–H groups in total. The number of rotatable bonds is 4. The number of carbonyl (C=O) groups excluding carboxylic acids is 1. The van der Waals surface area contributed by atoms with Gasteiger partial charge in [0.2, 0.25) is 5.91 Å². The number of methoxy groups -OCH3 is 2. The van der Waals surface area contributed by atoms with Crippen LogP contribution in [-0.2, 0) is 22.6 Å². The molecular formula is C16H19NO5. The van der Waals surface area contributed by atoms with E-state index in [4.69, 9.17) is 14.6 Å². The van der Waals surface area contributed by atoms with Crippen LogP contribution in [0.15, 0.2) is 12.1 Å². The Morgan fingerprint density at radius 1 is 1.14 bits per heavy atom. The van der Waals surface area contributed by atoms with Crippen LogP contribution >= 0.6 is 0 Å². The van der Waals surface area contributed by atoms with Crippen LogP contribution in [0.1, 0.15) is 17.5 Å². The van der Waals surface area contributed by atoms with E-state index in [1.165, 1.54) is 0 Å². The summed E-state index contributed by atoms with van der Waals surface area (Å²) in [6.45, 7) is 1.11. The Bertz CT molecular complexity index is 627. The van der Waals surface area contributed by atoms with Gasteiger partial charge < -0.3 is 19.5 Å². The van der Waals surface area contributed by atoms with E-state index in [1.807, 2.05) is 12.1 Å². The first-order valence-electron chi connectivity index (χ1n) is 7.30. The topological polar surface area (TPSA) is 76.1 Å². The third kappa shape index (κ3) is 2.49. The molecule has 3 rings (SSSR count). The molecule has 6 nitrogen and oxygen atoms in total. The number of fused-ring (bicyclic) bond motifs is 1. The highest BCUT2D eigenvalue weighted by atomic mass is 16.5. The van der Waals surface area contributed by atoms with Gasteiger partial charge in [0.15, 0.2) is 11.5 Å². The van der Waals surface area contributed by atoms with Gasteiger partial charge in [0.1, 0.15) is 0 Å². The minimum absolute atomic E-state index is 0.0483. The molecular weight excluding hydrogens is 286 g/mol. The van der Waals surface area contributed by atoms with E-state index < -0.39 is 11.9 Å². The fourth-order valence-corrected chi connectivity index (χ4v) is 3.05. The second-order valence-electron chi connectivity index (χ2n) is 5.77. The van der Waals surface area contributed by atoms with E-state index >= 15 is 0 Å². The second-order valence-corrected chi connectivity index (χ2v) is 5.77. The Morgan fingerprint density at radius 2 is 1.77 bits per heavy atom. The average Bonchev–Trinajstić information content (AvgIpc) is 3.33. The number of amides is 1. The zero-order valence-corrected chi connectivity index (χ0v) is 12.7. The number of hydrogen-bond donors (Lipinski definition) is 1. The summed E-state index contributed by atoms with van der Waals surface area (Å²) in [5, 5.41) is 8.95. The smallest absolute Gasteiger partial charge is 0.307 e. The number of ether oxygens (including phenoxy) is 2. The molecule has 1 aliphatic heterocycles. The Labute approximate surface area is 128 Å². The van der Waals surface area contributed by atoms with Crippen LogP contribution < -0.4 is 9.47 Å². The summed E-state index contributed by atoms with van der Waals surface area (Å²) in [5.41, 5.74) is 2.18. The van der Waals surface area contributed by atoms with E-state index in [9.17, 15) is 9.59 Å². The first-order chi connectivity index (χ1) is 10.5. The number of aliphatic carboxylic acids is 1. The standard InChI is InChI=1S/C16H19NO5/c1-21-13-5-9-3-4-17(8-10(9)6-14(13)22-2)15(18)11-7-12(11)16(19)20/h5-6,11-12H,3-4,7-8H2,1-2H3,(H,19,20). The van der Waals surface area contributed by atoms with Gasteiger partial charge in [-0.05, 0) is 36.1 Å². The first kappa shape index (κ1) is 14.7. The van der Waals surface area contributed by atoms with Crippen molar-refractivity contribution < 1.29 is 24.2 Å². The molecule has 0 saturated heterocycles. The Hall–Kier alpha value is -2.24. The van der Waals surface area contributed by atoms with Gasteiger partial charge in [0.05, 0.1) is 26.1 Å². The fraction of sp³-hybridized carbons (Fsp3) is 0.500. The Balaban J connectivity index is 1.76. The summed E-state index contributed by atoms with van der Waals surface area (Å²) < 4.78 is 10.6. The molecule has 2 atom stereocenters. The van der Waals surface area contributed by atoms with Gasteiger partial charge in [-0.1, -0.05) is 0 Å². The minimum atomic E-state index is -0.873.